The van der Waals surface area contributed by atoms with Crippen molar-refractivity contribution in [1.29, 1.82) is 0 Å². The molecule has 12 heteroatoms. The number of fused-ring (bicyclic) bond motifs is 1. The van der Waals surface area contributed by atoms with E-state index in [2.05, 4.69) is 51.2 Å². The number of rotatable bonds is 10. The highest BCUT2D eigenvalue weighted by molar-refractivity contribution is 6.76. The molecule has 1 atom stereocenters. The number of morpholine rings is 1. The van der Waals surface area contributed by atoms with E-state index in [0.717, 1.165) is 47.2 Å². The lowest BCUT2D eigenvalue weighted by Crippen LogP contribution is -2.46. The van der Waals surface area contributed by atoms with Gasteiger partial charge in [0.2, 0.25) is 0 Å². The van der Waals surface area contributed by atoms with Crippen molar-refractivity contribution in [1.82, 2.24) is 19.9 Å². The standard InChI is InChI=1S/C29H41F3N6O2Si/c1-41(2,3)17-16-40-20-38-25(18-24-27(34-19-35-28(24)38)37-12-14-39-15-13-37)21-4-6-23(7-5-21)36-26(29(30,31)32)22-8-10-33-11-9-22/h4-7,18-19,22,26,33,36H,8-17,20H2,1-3H3/t26-/m1/s1. The number of hydrogen-bond donors (Lipinski definition) is 2. The molecule has 0 amide bonds. The van der Waals surface area contributed by atoms with E-state index in [-0.39, 0.29) is 0 Å². The summed E-state index contributed by atoms with van der Waals surface area (Å²) in [5, 5.41) is 6.87. The number of anilines is 2. The average molecular weight is 591 g/mol. The van der Waals surface area contributed by atoms with Gasteiger partial charge < -0.3 is 29.6 Å². The Morgan fingerprint density at radius 1 is 1.10 bits per heavy atom. The number of benzene rings is 1. The van der Waals surface area contributed by atoms with Crippen molar-refractivity contribution < 1.29 is 22.6 Å². The Labute approximate surface area is 240 Å². The van der Waals surface area contributed by atoms with Crippen LogP contribution in [0.2, 0.25) is 25.7 Å². The molecule has 2 N–H and O–H groups in total. The number of nitrogens with one attached hydrogen (secondary N) is 2. The molecule has 2 aliphatic heterocycles. The first-order valence-corrected chi connectivity index (χ1v) is 18.2. The molecule has 0 saturated carbocycles. The van der Waals surface area contributed by atoms with Crippen LogP contribution in [0.4, 0.5) is 24.7 Å². The lowest BCUT2D eigenvalue weighted by molar-refractivity contribution is -0.155. The molecule has 4 heterocycles. The molecule has 5 rings (SSSR count). The van der Waals surface area contributed by atoms with Crippen molar-refractivity contribution in [3.05, 3.63) is 36.7 Å². The third-order valence-corrected chi connectivity index (χ3v) is 9.61. The number of ether oxygens (including phenoxy) is 2. The number of hydrogen-bond acceptors (Lipinski definition) is 7. The Morgan fingerprint density at radius 3 is 2.46 bits per heavy atom. The first-order valence-electron chi connectivity index (χ1n) is 14.5. The van der Waals surface area contributed by atoms with Crippen LogP contribution >= 0.6 is 0 Å². The van der Waals surface area contributed by atoms with E-state index in [4.69, 9.17) is 9.47 Å². The zero-order chi connectivity index (χ0) is 29.0. The maximum Gasteiger partial charge on any atom is 0.408 e. The second-order valence-corrected chi connectivity index (χ2v) is 17.8. The molecule has 3 aromatic rings. The zero-order valence-electron chi connectivity index (χ0n) is 24.1. The molecule has 8 nitrogen and oxygen atoms in total. The van der Waals surface area contributed by atoms with Crippen molar-refractivity contribution >= 4 is 30.6 Å². The maximum absolute atomic E-state index is 14.0. The predicted molar refractivity (Wildman–Crippen MR) is 159 cm³/mol. The van der Waals surface area contributed by atoms with Gasteiger partial charge in [-0.25, -0.2) is 9.97 Å². The molecule has 41 heavy (non-hydrogen) atoms. The predicted octanol–water partition coefficient (Wildman–Crippen LogP) is 5.59. The van der Waals surface area contributed by atoms with Crippen molar-refractivity contribution in [2.24, 2.45) is 5.92 Å². The molecular formula is C29H41F3N6O2Si. The molecule has 0 bridgehead atoms. The Bertz CT molecular complexity index is 1280. The van der Waals surface area contributed by atoms with E-state index in [0.29, 0.717) is 58.2 Å². The SMILES string of the molecule is C[Si](C)(C)CCOCn1c(-c2ccc(N[C@H](C3CCNCC3)C(F)(F)F)cc2)cc2c(N3CCOCC3)ncnc21. The lowest BCUT2D eigenvalue weighted by Gasteiger charge is -2.33. The van der Waals surface area contributed by atoms with Crippen LogP contribution in [0.5, 0.6) is 0 Å². The van der Waals surface area contributed by atoms with Crippen molar-refractivity contribution in [2.45, 2.75) is 57.5 Å². The molecule has 0 aliphatic carbocycles. The van der Waals surface area contributed by atoms with Crippen molar-refractivity contribution in [2.75, 3.05) is 56.2 Å². The van der Waals surface area contributed by atoms with E-state index < -0.39 is 26.2 Å². The summed E-state index contributed by atoms with van der Waals surface area (Å²) in [6.45, 7) is 11.9. The van der Waals surface area contributed by atoms with Crippen LogP contribution in [0.3, 0.4) is 0 Å². The van der Waals surface area contributed by atoms with Gasteiger partial charge in [-0.05, 0) is 61.7 Å². The molecule has 0 spiro atoms. The highest BCUT2D eigenvalue weighted by Gasteiger charge is 2.44. The first kappa shape index (κ1) is 29.8. The Kier molecular flexibility index (Phi) is 9.22. The topological polar surface area (TPSA) is 76.5 Å². The van der Waals surface area contributed by atoms with Crippen molar-refractivity contribution in [3.8, 4) is 11.3 Å². The Hall–Kier alpha value is -2.67. The maximum atomic E-state index is 14.0. The van der Waals surface area contributed by atoms with E-state index in [1.54, 1.807) is 18.5 Å². The third kappa shape index (κ3) is 7.40. The van der Waals surface area contributed by atoms with Gasteiger partial charge in [0, 0.05) is 33.5 Å². The molecule has 2 fully saturated rings. The quantitative estimate of drug-likeness (QED) is 0.236. The van der Waals surface area contributed by atoms with Crippen LogP contribution in [0.15, 0.2) is 36.7 Å². The smallest absolute Gasteiger partial charge is 0.378 e. The number of nitrogens with zero attached hydrogens (tertiary/aromatic N) is 4. The third-order valence-electron chi connectivity index (χ3n) is 7.91. The van der Waals surface area contributed by atoms with Gasteiger partial charge in [0.1, 0.15) is 30.6 Å². The van der Waals surface area contributed by atoms with Crippen LogP contribution in [0.1, 0.15) is 12.8 Å². The number of piperidine rings is 1. The normalized spacial score (nSPS) is 18.1. The second-order valence-electron chi connectivity index (χ2n) is 12.2. The summed E-state index contributed by atoms with van der Waals surface area (Å²) in [7, 11) is -1.26. The van der Waals surface area contributed by atoms with Gasteiger partial charge in [-0.15, -0.1) is 0 Å². The van der Waals surface area contributed by atoms with Crippen LogP contribution in [0, 0.1) is 5.92 Å². The second kappa shape index (κ2) is 12.7. The van der Waals surface area contributed by atoms with Gasteiger partial charge in [-0.3, -0.25) is 0 Å². The summed E-state index contributed by atoms with van der Waals surface area (Å²) in [6, 6.07) is 8.74. The van der Waals surface area contributed by atoms with Gasteiger partial charge in [0.25, 0.3) is 0 Å². The Balaban J connectivity index is 1.44. The number of aromatic nitrogens is 3. The number of halogens is 3. The molecule has 1 aromatic carbocycles. The highest BCUT2D eigenvalue weighted by atomic mass is 28.3. The van der Waals surface area contributed by atoms with Gasteiger partial charge in [0.05, 0.1) is 24.3 Å². The molecule has 2 aromatic heterocycles. The minimum absolute atomic E-state index is 0.328. The summed E-state index contributed by atoms with van der Waals surface area (Å²) in [5.41, 5.74) is 2.99. The highest BCUT2D eigenvalue weighted by Crippen LogP contribution is 2.35. The molecule has 2 aliphatic rings. The minimum atomic E-state index is -4.32. The summed E-state index contributed by atoms with van der Waals surface area (Å²) in [6.07, 6.45) is -1.74. The summed E-state index contributed by atoms with van der Waals surface area (Å²) in [4.78, 5) is 11.4. The number of alkyl halides is 3. The average Bonchev–Trinajstić information content (AvgIpc) is 3.33. The zero-order valence-corrected chi connectivity index (χ0v) is 25.1. The minimum Gasteiger partial charge on any atom is -0.378 e. The fourth-order valence-corrected chi connectivity index (χ4v) is 6.30. The molecular weight excluding hydrogens is 549 g/mol. The molecule has 2 saturated heterocycles. The van der Waals surface area contributed by atoms with Crippen LogP contribution in [0.25, 0.3) is 22.3 Å². The van der Waals surface area contributed by atoms with Gasteiger partial charge in [-0.1, -0.05) is 31.8 Å². The van der Waals surface area contributed by atoms with Gasteiger partial charge >= 0.3 is 6.18 Å². The van der Waals surface area contributed by atoms with Gasteiger partial charge in [-0.2, -0.15) is 13.2 Å². The summed E-state index contributed by atoms with van der Waals surface area (Å²) in [5.74, 6) is 0.401. The van der Waals surface area contributed by atoms with Crippen LogP contribution in [-0.4, -0.2) is 80.8 Å². The summed E-state index contributed by atoms with van der Waals surface area (Å²) < 4.78 is 55.7. The largest absolute Gasteiger partial charge is 0.408 e. The van der Waals surface area contributed by atoms with Crippen LogP contribution in [-0.2, 0) is 16.2 Å². The molecule has 224 valence electrons. The molecule has 0 radical (unpaired) electrons. The summed E-state index contributed by atoms with van der Waals surface area (Å²) >= 11 is 0. The monoisotopic (exact) mass is 590 g/mol. The van der Waals surface area contributed by atoms with E-state index in [1.165, 1.54) is 0 Å². The molecule has 0 unspecified atom stereocenters. The van der Waals surface area contributed by atoms with Crippen LogP contribution < -0.4 is 15.5 Å². The Morgan fingerprint density at radius 2 is 1.80 bits per heavy atom. The van der Waals surface area contributed by atoms with E-state index in [9.17, 15) is 13.2 Å². The van der Waals surface area contributed by atoms with E-state index in [1.807, 2.05) is 16.7 Å². The van der Waals surface area contributed by atoms with E-state index >= 15 is 0 Å². The van der Waals surface area contributed by atoms with Gasteiger partial charge in [0.15, 0.2) is 0 Å². The first-order chi connectivity index (χ1) is 19.6. The fourth-order valence-electron chi connectivity index (χ4n) is 5.54. The van der Waals surface area contributed by atoms with Crippen molar-refractivity contribution in [3.63, 3.8) is 0 Å². The lowest BCUT2D eigenvalue weighted by atomic mass is 9.89. The fraction of sp³-hybridized carbons (Fsp3) is 0.586.